The number of nitrogens with one attached hydrogen (secondary N) is 1. The molecule has 4 nitrogen and oxygen atoms in total. The molecular weight excluding hydrogens is 248 g/mol. The molecule has 0 spiro atoms. The monoisotopic (exact) mass is 272 g/mol. The van der Waals surface area contributed by atoms with Crippen molar-refractivity contribution >= 4 is 11.5 Å². The predicted molar refractivity (Wildman–Crippen MR) is 83.2 cm³/mol. The average Bonchev–Trinajstić information content (AvgIpc) is 3.24. The zero-order valence-corrected chi connectivity index (χ0v) is 12.5. The first-order chi connectivity index (χ1) is 9.85. The van der Waals surface area contributed by atoms with E-state index in [2.05, 4.69) is 45.9 Å². The fourth-order valence-corrected chi connectivity index (χ4v) is 2.77. The Morgan fingerprint density at radius 1 is 1.40 bits per heavy atom. The Morgan fingerprint density at radius 3 is 2.95 bits per heavy atom. The average molecular weight is 272 g/mol. The number of hydrogen-bond donors (Lipinski definition) is 1. The van der Waals surface area contributed by atoms with Crippen LogP contribution >= 0.6 is 0 Å². The number of nitrogens with zero attached hydrogens (tertiary/aromatic N) is 3. The van der Waals surface area contributed by atoms with Gasteiger partial charge in [-0.25, -0.2) is 4.98 Å². The molecule has 2 aromatic heterocycles. The van der Waals surface area contributed by atoms with Crippen LogP contribution in [0.4, 0.5) is 5.82 Å². The predicted octanol–water partition coefficient (Wildman–Crippen LogP) is 2.82. The molecule has 108 valence electrons. The first kappa shape index (κ1) is 13.4. The number of anilines is 1. The van der Waals surface area contributed by atoms with Crippen molar-refractivity contribution < 1.29 is 0 Å². The van der Waals surface area contributed by atoms with Crippen molar-refractivity contribution in [3.8, 4) is 0 Å². The molecule has 1 fully saturated rings. The van der Waals surface area contributed by atoms with Crippen molar-refractivity contribution in [1.82, 2.24) is 14.7 Å². The zero-order valence-electron chi connectivity index (χ0n) is 12.5. The van der Waals surface area contributed by atoms with Crippen molar-refractivity contribution in [2.75, 3.05) is 18.5 Å². The normalized spacial score (nSPS) is 14.9. The number of rotatable bonds is 7. The van der Waals surface area contributed by atoms with Gasteiger partial charge in [-0.1, -0.05) is 19.4 Å². The summed E-state index contributed by atoms with van der Waals surface area (Å²) in [5.74, 6) is 1.18. The third-order valence-corrected chi connectivity index (χ3v) is 3.96. The molecule has 0 atom stereocenters. The first-order valence-electron chi connectivity index (χ1n) is 7.72. The molecule has 20 heavy (non-hydrogen) atoms. The van der Waals surface area contributed by atoms with E-state index in [1.54, 1.807) is 0 Å². The van der Waals surface area contributed by atoms with Crippen LogP contribution in [0.5, 0.6) is 0 Å². The summed E-state index contributed by atoms with van der Waals surface area (Å²) in [6.07, 6.45) is 7.22. The first-order valence-corrected chi connectivity index (χ1v) is 7.72. The summed E-state index contributed by atoms with van der Waals surface area (Å²) in [6.45, 7) is 4.24. The summed E-state index contributed by atoms with van der Waals surface area (Å²) in [4.78, 5) is 7.43. The van der Waals surface area contributed by atoms with E-state index in [4.69, 9.17) is 4.98 Å². The largest absolute Gasteiger partial charge is 0.352 e. The minimum absolute atomic E-state index is 0.710. The summed E-state index contributed by atoms with van der Waals surface area (Å²) >= 11 is 0. The topological polar surface area (TPSA) is 32.6 Å². The van der Waals surface area contributed by atoms with Crippen LogP contribution in [-0.4, -0.2) is 29.0 Å². The van der Waals surface area contributed by atoms with Gasteiger partial charge in [-0.2, -0.15) is 0 Å². The zero-order chi connectivity index (χ0) is 13.9. The fraction of sp³-hybridized carbons (Fsp3) is 0.562. The van der Waals surface area contributed by atoms with E-state index in [-0.39, 0.29) is 0 Å². The molecule has 4 heteroatoms. The number of fused-ring (bicyclic) bond motifs is 1. The highest BCUT2D eigenvalue weighted by atomic mass is 15.3. The standard InChI is InChI=1S/C16H24N4/c1-3-4-10-19(13-8-9-13)16-14(12-17-2)20-11-6-5-7-15(20)18-16/h5-7,11,13,17H,3-4,8-10,12H2,1-2H3. The maximum atomic E-state index is 4.89. The Hall–Kier alpha value is -1.55. The van der Waals surface area contributed by atoms with Crippen LogP contribution in [0.1, 0.15) is 38.3 Å². The number of pyridine rings is 1. The van der Waals surface area contributed by atoms with E-state index in [1.807, 2.05) is 7.05 Å². The SMILES string of the molecule is CCCCN(c1nc2ccccn2c1CNC)C1CC1. The Labute approximate surface area is 120 Å². The molecule has 0 aliphatic heterocycles. The molecule has 3 rings (SSSR count). The molecule has 2 heterocycles. The number of unbranched alkanes of at least 4 members (excludes halogenated alkanes) is 1. The summed E-state index contributed by atoms with van der Waals surface area (Å²) in [5, 5.41) is 3.29. The van der Waals surface area contributed by atoms with Crippen molar-refractivity contribution in [1.29, 1.82) is 0 Å². The van der Waals surface area contributed by atoms with Crippen LogP contribution in [0.15, 0.2) is 24.4 Å². The maximum Gasteiger partial charge on any atom is 0.152 e. The van der Waals surface area contributed by atoms with Gasteiger partial charge in [0.25, 0.3) is 0 Å². The summed E-state index contributed by atoms with van der Waals surface area (Å²) in [5.41, 5.74) is 2.33. The molecule has 0 bridgehead atoms. The van der Waals surface area contributed by atoms with Gasteiger partial charge < -0.3 is 14.6 Å². The van der Waals surface area contributed by atoms with E-state index in [0.29, 0.717) is 6.04 Å². The summed E-state index contributed by atoms with van der Waals surface area (Å²) in [6, 6.07) is 6.93. The smallest absolute Gasteiger partial charge is 0.152 e. The lowest BCUT2D eigenvalue weighted by molar-refractivity contribution is 0.694. The maximum absolute atomic E-state index is 4.89. The van der Waals surface area contributed by atoms with Gasteiger partial charge in [0.2, 0.25) is 0 Å². The Morgan fingerprint density at radius 2 is 2.25 bits per heavy atom. The van der Waals surface area contributed by atoms with E-state index >= 15 is 0 Å². The Bertz CT molecular complexity index is 571. The van der Waals surface area contributed by atoms with Gasteiger partial charge in [0.1, 0.15) is 5.65 Å². The molecule has 1 aliphatic rings. The van der Waals surface area contributed by atoms with Crippen molar-refractivity contribution in [3.05, 3.63) is 30.1 Å². The third kappa shape index (κ3) is 2.52. The van der Waals surface area contributed by atoms with E-state index in [1.165, 1.54) is 37.2 Å². The lowest BCUT2D eigenvalue weighted by Crippen LogP contribution is -2.28. The highest BCUT2D eigenvalue weighted by molar-refractivity contribution is 5.57. The van der Waals surface area contributed by atoms with Gasteiger partial charge in [0.05, 0.1) is 5.69 Å². The van der Waals surface area contributed by atoms with Crippen LogP contribution < -0.4 is 10.2 Å². The molecule has 0 saturated heterocycles. The van der Waals surface area contributed by atoms with Gasteiger partial charge in [0.15, 0.2) is 5.82 Å². The van der Waals surface area contributed by atoms with Crippen LogP contribution in [0.25, 0.3) is 5.65 Å². The number of imidazole rings is 1. The quantitative estimate of drug-likeness (QED) is 0.841. The van der Waals surface area contributed by atoms with Crippen LogP contribution in [0.3, 0.4) is 0 Å². The van der Waals surface area contributed by atoms with Gasteiger partial charge >= 0.3 is 0 Å². The minimum atomic E-state index is 0.710. The lowest BCUT2D eigenvalue weighted by atomic mass is 10.3. The van der Waals surface area contributed by atoms with Gasteiger partial charge in [0, 0.05) is 25.3 Å². The molecule has 1 aliphatic carbocycles. The van der Waals surface area contributed by atoms with E-state index < -0.39 is 0 Å². The molecular formula is C16H24N4. The van der Waals surface area contributed by atoms with Gasteiger partial charge in [-0.05, 0) is 38.4 Å². The number of aromatic nitrogens is 2. The third-order valence-electron chi connectivity index (χ3n) is 3.96. The molecule has 1 N–H and O–H groups in total. The second-order valence-corrected chi connectivity index (χ2v) is 5.62. The molecule has 0 amide bonds. The molecule has 2 aromatic rings. The van der Waals surface area contributed by atoms with Crippen LogP contribution in [-0.2, 0) is 6.54 Å². The second-order valence-electron chi connectivity index (χ2n) is 5.62. The number of hydrogen-bond acceptors (Lipinski definition) is 3. The fourth-order valence-electron chi connectivity index (χ4n) is 2.77. The minimum Gasteiger partial charge on any atom is -0.352 e. The molecule has 0 aromatic carbocycles. The van der Waals surface area contributed by atoms with Gasteiger partial charge in [-0.3, -0.25) is 0 Å². The van der Waals surface area contributed by atoms with Crippen molar-refractivity contribution in [2.45, 2.75) is 45.2 Å². The molecule has 0 radical (unpaired) electrons. The molecule has 0 unspecified atom stereocenters. The lowest BCUT2D eigenvalue weighted by Gasteiger charge is -2.23. The Kier molecular flexibility index (Phi) is 3.92. The second kappa shape index (κ2) is 5.83. The molecule has 1 saturated carbocycles. The van der Waals surface area contributed by atoms with Crippen LogP contribution in [0, 0.1) is 0 Å². The Balaban J connectivity index is 2.00. The highest BCUT2D eigenvalue weighted by Gasteiger charge is 2.32. The van der Waals surface area contributed by atoms with Crippen molar-refractivity contribution in [2.24, 2.45) is 0 Å². The highest BCUT2D eigenvalue weighted by Crippen LogP contribution is 2.33. The van der Waals surface area contributed by atoms with Crippen LogP contribution in [0.2, 0.25) is 0 Å². The summed E-state index contributed by atoms with van der Waals surface area (Å²) in [7, 11) is 2.00. The van der Waals surface area contributed by atoms with Crippen molar-refractivity contribution in [3.63, 3.8) is 0 Å². The van der Waals surface area contributed by atoms with E-state index in [0.717, 1.165) is 18.7 Å². The van der Waals surface area contributed by atoms with Gasteiger partial charge in [-0.15, -0.1) is 0 Å². The summed E-state index contributed by atoms with van der Waals surface area (Å²) < 4.78 is 2.22. The van der Waals surface area contributed by atoms with E-state index in [9.17, 15) is 0 Å².